The molecule has 10 nitrogen and oxygen atoms in total. The van der Waals surface area contributed by atoms with E-state index in [-0.39, 0.29) is 18.4 Å². The molecule has 0 aromatic heterocycles. The molecule has 5 N–H and O–H groups in total. The standard InChI is InChI=1S/C21H39N6O4/c1-4-5-6-7-8-9-10-13-19(28)25-18(20(29)23-16-14-17(2)3)12-11-15-24-21(22)26-27(30)31/h4,16-18H,1,5-15H2,2-3H3,(H,23,29)(H,25,28)(H3,22,24,26)/t18-/m0/s1. The van der Waals surface area contributed by atoms with Gasteiger partial charge in [0.15, 0.2) is 5.03 Å². The van der Waals surface area contributed by atoms with Gasteiger partial charge in [0.2, 0.25) is 11.8 Å². The molecule has 0 rings (SSSR count). The summed E-state index contributed by atoms with van der Waals surface area (Å²) < 4.78 is 0. The molecule has 0 unspecified atom stereocenters. The van der Waals surface area contributed by atoms with E-state index in [1.807, 2.05) is 19.9 Å². The van der Waals surface area contributed by atoms with Crippen LogP contribution in [-0.2, 0) is 9.59 Å². The Morgan fingerprint density at radius 2 is 1.81 bits per heavy atom. The maximum atomic E-state index is 12.5. The normalized spacial score (nSPS) is 11.5. The number of carbonyl (C=O) groups is 2. The number of rotatable bonds is 18. The number of hydrogen-bond donors (Lipinski definition) is 5. The third kappa shape index (κ3) is 17.9. The van der Waals surface area contributed by atoms with E-state index in [1.165, 1.54) is 0 Å². The number of nitro groups is 1. The number of carbonyl (C=O) groups excluding carboxylic acids is 2. The minimum absolute atomic E-state index is 0.161. The Morgan fingerprint density at radius 3 is 2.45 bits per heavy atom. The number of unbranched alkanes of at least 4 members (excludes halogenated alkanes) is 5. The Bertz CT molecular complexity index is 568. The Hall–Kier alpha value is -2.65. The molecule has 31 heavy (non-hydrogen) atoms. The summed E-state index contributed by atoms with van der Waals surface area (Å²) in [6.45, 7) is 9.74. The van der Waals surface area contributed by atoms with Gasteiger partial charge in [-0.05, 0) is 44.4 Å². The van der Waals surface area contributed by atoms with Crippen molar-refractivity contribution in [2.24, 2.45) is 5.92 Å². The summed E-state index contributed by atoms with van der Waals surface area (Å²) in [6, 6.07) is -0.692. The van der Waals surface area contributed by atoms with Gasteiger partial charge in [-0.15, -0.1) is 6.58 Å². The van der Waals surface area contributed by atoms with Crippen LogP contribution in [0.15, 0.2) is 12.7 Å². The predicted octanol–water partition coefficient (Wildman–Crippen LogP) is 2.80. The lowest BCUT2D eigenvalue weighted by Gasteiger charge is -2.19. The van der Waals surface area contributed by atoms with Crippen molar-refractivity contribution < 1.29 is 14.6 Å². The first-order valence-corrected chi connectivity index (χ1v) is 11.0. The van der Waals surface area contributed by atoms with E-state index < -0.39 is 17.0 Å². The van der Waals surface area contributed by atoms with Gasteiger partial charge in [-0.1, -0.05) is 44.6 Å². The highest BCUT2D eigenvalue weighted by Gasteiger charge is 2.20. The van der Waals surface area contributed by atoms with E-state index in [0.717, 1.165) is 44.9 Å². The van der Waals surface area contributed by atoms with Gasteiger partial charge < -0.3 is 16.0 Å². The van der Waals surface area contributed by atoms with E-state index in [1.54, 1.807) is 12.0 Å². The Balaban J connectivity index is 4.40. The molecule has 0 aromatic carbocycles. The van der Waals surface area contributed by atoms with Crippen LogP contribution in [-0.4, -0.2) is 35.4 Å². The summed E-state index contributed by atoms with van der Waals surface area (Å²) in [6.07, 6.45) is 9.89. The van der Waals surface area contributed by atoms with Gasteiger partial charge in [-0.2, -0.15) is 0 Å². The molecule has 1 radical (unpaired) electrons. The highest BCUT2D eigenvalue weighted by atomic mass is 16.7. The van der Waals surface area contributed by atoms with Crippen molar-refractivity contribution in [3.63, 3.8) is 0 Å². The lowest BCUT2D eigenvalue weighted by molar-refractivity contribution is -0.525. The summed E-state index contributed by atoms with van der Waals surface area (Å²) >= 11 is 0. The van der Waals surface area contributed by atoms with Crippen molar-refractivity contribution in [1.82, 2.24) is 21.4 Å². The SMILES string of the molecule is C=CCCCCCCCC(=O)N[C@@H](CCCNC(=N)N[N+](=O)[O-])C(=O)N[CH]CC(C)C. The van der Waals surface area contributed by atoms with Crippen LogP contribution in [0.2, 0.25) is 0 Å². The van der Waals surface area contributed by atoms with Crippen LogP contribution in [0.5, 0.6) is 0 Å². The fraction of sp³-hybridized carbons (Fsp3) is 0.714. The van der Waals surface area contributed by atoms with Gasteiger partial charge in [-0.25, -0.2) is 10.1 Å². The summed E-state index contributed by atoms with van der Waals surface area (Å²) in [5.74, 6) is -0.458. The fourth-order valence-electron chi connectivity index (χ4n) is 2.79. The predicted molar refractivity (Wildman–Crippen MR) is 121 cm³/mol. The molecule has 177 valence electrons. The first-order valence-electron chi connectivity index (χ1n) is 11.0. The molecular weight excluding hydrogens is 400 g/mol. The molecule has 0 aliphatic heterocycles. The average Bonchev–Trinajstić information content (AvgIpc) is 2.68. The van der Waals surface area contributed by atoms with E-state index in [2.05, 4.69) is 22.5 Å². The van der Waals surface area contributed by atoms with E-state index in [9.17, 15) is 19.7 Å². The second-order valence-electron chi connectivity index (χ2n) is 7.87. The van der Waals surface area contributed by atoms with Crippen LogP contribution in [0.25, 0.3) is 0 Å². The zero-order chi connectivity index (χ0) is 23.5. The topological polar surface area (TPSA) is 149 Å². The maximum Gasteiger partial charge on any atom is 0.251 e. The van der Waals surface area contributed by atoms with Crippen LogP contribution < -0.4 is 21.4 Å². The molecular formula is C21H39N6O4. The summed E-state index contributed by atoms with van der Waals surface area (Å²) in [4.78, 5) is 35.1. The van der Waals surface area contributed by atoms with Crippen molar-refractivity contribution in [3.8, 4) is 0 Å². The van der Waals surface area contributed by atoms with Crippen LogP contribution in [0, 0.1) is 28.0 Å². The molecule has 0 aromatic rings. The molecule has 0 bridgehead atoms. The van der Waals surface area contributed by atoms with E-state index in [0.29, 0.717) is 25.2 Å². The van der Waals surface area contributed by atoms with Crippen molar-refractivity contribution in [3.05, 3.63) is 29.3 Å². The Morgan fingerprint density at radius 1 is 1.13 bits per heavy atom. The van der Waals surface area contributed by atoms with Crippen LogP contribution >= 0.6 is 0 Å². The third-order valence-electron chi connectivity index (χ3n) is 4.47. The maximum absolute atomic E-state index is 12.5. The van der Waals surface area contributed by atoms with Crippen molar-refractivity contribution >= 4 is 17.8 Å². The molecule has 0 aliphatic carbocycles. The fourth-order valence-corrected chi connectivity index (χ4v) is 2.79. The van der Waals surface area contributed by atoms with Crippen LogP contribution in [0.3, 0.4) is 0 Å². The largest absolute Gasteiger partial charge is 0.352 e. The number of nitrogens with one attached hydrogen (secondary N) is 5. The Kier molecular flexibility index (Phi) is 16.6. The van der Waals surface area contributed by atoms with E-state index >= 15 is 0 Å². The summed E-state index contributed by atoms with van der Waals surface area (Å²) in [7, 11) is 0. The monoisotopic (exact) mass is 439 g/mol. The molecule has 0 saturated heterocycles. The second-order valence-corrected chi connectivity index (χ2v) is 7.87. The zero-order valence-electron chi connectivity index (χ0n) is 18.9. The molecule has 0 heterocycles. The Labute approximate surface area is 185 Å². The quantitative estimate of drug-likeness (QED) is 0.0553. The number of hydrazine groups is 1. The number of nitrogens with zero attached hydrogens (tertiary/aromatic N) is 1. The molecule has 10 heteroatoms. The highest BCUT2D eigenvalue weighted by molar-refractivity contribution is 5.87. The van der Waals surface area contributed by atoms with Gasteiger partial charge in [0, 0.05) is 19.5 Å². The summed E-state index contributed by atoms with van der Waals surface area (Å²) in [5, 5.41) is 24.9. The smallest absolute Gasteiger partial charge is 0.251 e. The number of amides is 2. The van der Waals surface area contributed by atoms with E-state index in [4.69, 9.17) is 5.41 Å². The number of guanidine groups is 1. The number of hydrogen-bond acceptors (Lipinski definition) is 5. The van der Waals surface area contributed by atoms with Gasteiger partial charge in [0.1, 0.15) is 6.04 Å². The van der Waals surface area contributed by atoms with Crippen molar-refractivity contribution in [2.75, 3.05) is 6.54 Å². The van der Waals surface area contributed by atoms with Gasteiger partial charge in [0.05, 0.1) is 0 Å². The molecule has 0 spiro atoms. The average molecular weight is 440 g/mol. The van der Waals surface area contributed by atoms with Crippen LogP contribution in [0.4, 0.5) is 0 Å². The molecule has 0 fully saturated rings. The zero-order valence-corrected chi connectivity index (χ0v) is 18.9. The molecule has 0 saturated carbocycles. The molecule has 2 amide bonds. The van der Waals surface area contributed by atoms with Gasteiger partial charge in [0.25, 0.3) is 5.96 Å². The number of allylic oxidation sites excluding steroid dienone is 1. The first kappa shape index (κ1) is 28.4. The van der Waals surface area contributed by atoms with Crippen LogP contribution in [0.1, 0.15) is 78.1 Å². The molecule has 1 atom stereocenters. The van der Waals surface area contributed by atoms with Crippen molar-refractivity contribution in [2.45, 2.75) is 84.1 Å². The lowest BCUT2D eigenvalue weighted by atomic mass is 10.1. The van der Waals surface area contributed by atoms with Gasteiger partial charge in [-0.3, -0.25) is 15.0 Å². The minimum atomic E-state index is -0.824. The van der Waals surface area contributed by atoms with Gasteiger partial charge >= 0.3 is 0 Å². The van der Waals surface area contributed by atoms with Crippen molar-refractivity contribution in [1.29, 1.82) is 5.41 Å². The summed E-state index contributed by atoms with van der Waals surface area (Å²) in [5.41, 5.74) is 1.70. The highest BCUT2D eigenvalue weighted by Crippen LogP contribution is 2.08. The third-order valence-corrected chi connectivity index (χ3v) is 4.47. The first-order chi connectivity index (χ1) is 14.8. The molecule has 0 aliphatic rings. The lowest BCUT2D eigenvalue weighted by Crippen LogP contribution is -2.46. The second kappa shape index (κ2) is 18.1. The minimum Gasteiger partial charge on any atom is -0.352 e.